The van der Waals surface area contributed by atoms with Crippen LogP contribution < -0.4 is 15.6 Å². The highest BCUT2D eigenvalue weighted by Crippen LogP contribution is 2.38. The standard InChI is InChI=1S/C31H28N4O4S/c1-38-27-19-17-23(18-20-27)21-39-33-29(30(36)37)28-22-40-35(32-28)34-31(24-11-5-2-6-12-24,25-13-7-3-8-14-25)26-15-9-4-10-16-26/h2-20,22,32,34H,21H2,1H3,(H,36,37)/b33-29-. The van der Waals surface area contributed by atoms with Gasteiger partial charge >= 0.3 is 5.97 Å². The van der Waals surface area contributed by atoms with Crippen molar-refractivity contribution < 1.29 is 19.5 Å². The molecule has 4 aromatic rings. The highest BCUT2D eigenvalue weighted by Gasteiger charge is 2.39. The zero-order valence-corrected chi connectivity index (χ0v) is 22.5. The van der Waals surface area contributed by atoms with E-state index in [-0.39, 0.29) is 12.3 Å². The van der Waals surface area contributed by atoms with Crippen LogP contribution in [0, 0.1) is 0 Å². The van der Waals surface area contributed by atoms with Gasteiger partial charge in [-0.25, -0.2) is 10.2 Å². The van der Waals surface area contributed by atoms with Crippen LogP contribution in [0.3, 0.4) is 0 Å². The van der Waals surface area contributed by atoms with Crippen LogP contribution in [-0.4, -0.2) is 28.4 Å². The number of aliphatic carboxylic acids is 1. The van der Waals surface area contributed by atoms with E-state index in [4.69, 9.17) is 9.57 Å². The molecule has 0 aromatic heterocycles. The SMILES string of the molecule is COc1ccc(CO/N=C(\C(=O)O)C2=CSN(NC(c3ccccc3)(c3ccccc3)c3ccccc3)N2)cc1. The molecule has 9 heteroatoms. The third-order valence-corrected chi connectivity index (χ3v) is 7.13. The average molecular weight is 553 g/mol. The molecular formula is C31H28N4O4S. The minimum absolute atomic E-state index is 0.113. The lowest BCUT2D eigenvalue weighted by Crippen LogP contribution is -2.54. The molecule has 0 spiro atoms. The van der Waals surface area contributed by atoms with Gasteiger partial charge in [-0.3, -0.25) is 5.43 Å². The van der Waals surface area contributed by atoms with Crippen molar-refractivity contribution in [1.82, 2.24) is 15.4 Å². The summed E-state index contributed by atoms with van der Waals surface area (Å²) >= 11 is 1.28. The first-order valence-corrected chi connectivity index (χ1v) is 13.4. The Hall–Kier alpha value is -4.57. The molecular weight excluding hydrogens is 524 g/mol. The molecule has 4 aromatic carbocycles. The minimum Gasteiger partial charge on any atom is -0.497 e. The molecule has 1 heterocycles. The summed E-state index contributed by atoms with van der Waals surface area (Å²) in [7, 11) is 1.59. The molecule has 0 bridgehead atoms. The Morgan fingerprint density at radius 3 is 1.88 bits per heavy atom. The largest absolute Gasteiger partial charge is 0.497 e. The van der Waals surface area contributed by atoms with E-state index < -0.39 is 11.5 Å². The van der Waals surface area contributed by atoms with Crippen LogP contribution >= 0.6 is 11.9 Å². The summed E-state index contributed by atoms with van der Waals surface area (Å²) in [4.78, 5) is 17.5. The van der Waals surface area contributed by atoms with Gasteiger partial charge in [0.2, 0.25) is 5.71 Å². The van der Waals surface area contributed by atoms with E-state index in [9.17, 15) is 9.90 Å². The monoisotopic (exact) mass is 552 g/mol. The quantitative estimate of drug-likeness (QED) is 0.0978. The topological polar surface area (TPSA) is 95.4 Å². The Morgan fingerprint density at radius 1 is 0.875 bits per heavy atom. The Bertz CT molecular complexity index is 1380. The van der Waals surface area contributed by atoms with Crippen molar-refractivity contribution in [2.24, 2.45) is 5.16 Å². The molecule has 0 saturated heterocycles. The number of rotatable bonds is 11. The number of oxime groups is 1. The molecule has 40 heavy (non-hydrogen) atoms. The Labute approximate surface area is 237 Å². The zero-order chi connectivity index (χ0) is 27.8. The third kappa shape index (κ3) is 5.86. The molecule has 8 nitrogen and oxygen atoms in total. The van der Waals surface area contributed by atoms with E-state index in [1.807, 2.05) is 66.7 Å². The van der Waals surface area contributed by atoms with Gasteiger partial charge < -0.3 is 14.7 Å². The highest BCUT2D eigenvalue weighted by atomic mass is 32.2. The normalized spacial score (nSPS) is 13.8. The summed E-state index contributed by atoms with van der Waals surface area (Å²) in [6.07, 6.45) is 0. The fraction of sp³-hybridized carbons (Fsp3) is 0.0968. The van der Waals surface area contributed by atoms with Gasteiger partial charge in [-0.2, -0.15) is 0 Å². The first-order chi connectivity index (χ1) is 19.6. The van der Waals surface area contributed by atoms with E-state index >= 15 is 0 Å². The van der Waals surface area contributed by atoms with Crippen molar-refractivity contribution in [2.75, 3.05) is 7.11 Å². The van der Waals surface area contributed by atoms with Crippen molar-refractivity contribution in [3.63, 3.8) is 0 Å². The minimum atomic E-state index is -1.21. The van der Waals surface area contributed by atoms with Gasteiger partial charge in [0.25, 0.3) is 0 Å². The van der Waals surface area contributed by atoms with Gasteiger partial charge in [-0.05, 0) is 46.3 Å². The van der Waals surface area contributed by atoms with Crippen molar-refractivity contribution in [3.8, 4) is 5.75 Å². The number of hydrogen-bond donors (Lipinski definition) is 3. The second-order valence-electron chi connectivity index (χ2n) is 8.87. The number of carboxylic acids is 1. The molecule has 3 N–H and O–H groups in total. The number of methoxy groups -OCH3 is 1. The van der Waals surface area contributed by atoms with Crippen LogP contribution in [0.4, 0.5) is 0 Å². The summed E-state index contributed by atoms with van der Waals surface area (Å²) in [5, 5.41) is 15.5. The van der Waals surface area contributed by atoms with E-state index in [0.29, 0.717) is 5.70 Å². The predicted molar refractivity (Wildman–Crippen MR) is 156 cm³/mol. The van der Waals surface area contributed by atoms with Crippen molar-refractivity contribution in [2.45, 2.75) is 12.1 Å². The van der Waals surface area contributed by atoms with E-state index in [2.05, 4.69) is 52.4 Å². The van der Waals surface area contributed by atoms with Crippen molar-refractivity contribution in [1.29, 1.82) is 0 Å². The average Bonchev–Trinajstić information content (AvgIpc) is 3.47. The molecule has 0 fully saturated rings. The van der Waals surface area contributed by atoms with Crippen molar-refractivity contribution >= 4 is 23.6 Å². The maximum Gasteiger partial charge on any atom is 0.360 e. The third-order valence-electron chi connectivity index (χ3n) is 6.39. The first-order valence-electron chi connectivity index (χ1n) is 12.5. The van der Waals surface area contributed by atoms with Crippen LogP contribution in [0.2, 0.25) is 0 Å². The van der Waals surface area contributed by atoms with Crippen LogP contribution in [0.15, 0.2) is 132 Å². The first kappa shape index (κ1) is 27.0. The van der Waals surface area contributed by atoms with E-state index in [1.165, 1.54) is 11.9 Å². The highest BCUT2D eigenvalue weighted by molar-refractivity contribution is 8.00. The molecule has 0 saturated carbocycles. The van der Waals surface area contributed by atoms with Gasteiger partial charge in [-0.1, -0.05) is 113 Å². The summed E-state index contributed by atoms with van der Waals surface area (Å²) < 4.78 is 6.85. The summed E-state index contributed by atoms with van der Waals surface area (Å²) in [5.74, 6) is -0.489. The van der Waals surface area contributed by atoms with Crippen molar-refractivity contribution in [3.05, 3.63) is 149 Å². The molecule has 0 amide bonds. The van der Waals surface area contributed by atoms with Crippen LogP contribution in [-0.2, 0) is 21.8 Å². The second kappa shape index (κ2) is 12.5. The maximum atomic E-state index is 12.1. The Balaban J connectivity index is 1.40. The van der Waals surface area contributed by atoms with Gasteiger partial charge in [0.05, 0.1) is 12.8 Å². The lowest BCUT2D eigenvalue weighted by molar-refractivity contribution is -0.129. The second-order valence-corrected chi connectivity index (χ2v) is 9.68. The van der Waals surface area contributed by atoms with Gasteiger partial charge in [-0.15, -0.1) is 0 Å². The number of benzene rings is 4. The molecule has 202 valence electrons. The number of nitrogens with one attached hydrogen (secondary N) is 2. The van der Waals surface area contributed by atoms with E-state index in [0.717, 1.165) is 28.0 Å². The Kier molecular flexibility index (Phi) is 8.46. The van der Waals surface area contributed by atoms with Crippen LogP contribution in [0.5, 0.6) is 5.75 Å². The molecule has 0 radical (unpaired) electrons. The fourth-order valence-electron chi connectivity index (χ4n) is 4.44. The number of ether oxygens (including phenoxy) is 1. The summed E-state index contributed by atoms with van der Waals surface area (Å²) in [6.45, 7) is 0.113. The van der Waals surface area contributed by atoms with Gasteiger partial charge in [0, 0.05) is 5.41 Å². The molecule has 1 aliphatic heterocycles. The maximum absolute atomic E-state index is 12.1. The zero-order valence-electron chi connectivity index (χ0n) is 21.7. The number of hydrazine groups is 2. The van der Waals surface area contributed by atoms with E-state index in [1.54, 1.807) is 29.2 Å². The number of hydrogen-bond acceptors (Lipinski definition) is 8. The van der Waals surface area contributed by atoms with Gasteiger partial charge in [0.1, 0.15) is 17.9 Å². The van der Waals surface area contributed by atoms with Gasteiger partial charge in [0.15, 0.2) is 0 Å². The molecule has 0 atom stereocenters. The molecule has 0 aliphatic carbocycles. The number of nitrogens with zero attached hydrogens (tertiary/aromatic N) is 2. The lowest BCUT2D eigenvalue weighted by atomic mass is 9.77. The van der Waals surface area contributed by atoms with Crippen LogP contribution in [0.1, 0.15) is 22.3 Å². The van der Waals surface area contributed by atoms with Crippen LogP contribution in [0.25, 0.3) is 0 Å². The predicted octanol–water partition coefficient (Wildman–Crippen LogP) is 5.46. The Morgan fingerprint density at radius 2 is 1.40 bits per heavy atom. The summed E-state index contributed by atoms with van der Waals surface area (Å²) in [5.41, 5.74) is 9.90. The fourth-order valence-corrected chi connectivity index (χ4v) is 5.15. The smallest absolute Gasteiger partial charge is 0.360 e. The summed E-state index contributed by atoms with van der Waals surface area (Å²) in [6, 6.07) is 37.6. The molecule has 5 rings (SSSR count). The lowest BCUT2D eigenvalue weighted by Gasteiger charge is -2.39. The molecule has 1 aliphatic rings. The number of carbonyl (C=O) groups is 1. The molecule has 0 unspecified atom stereocenters. The number of carboxylic acid groups (broad SMARTS) is 1.